The number of ketones is 1. The van der Waals surface area contributed by atoms with Crippen LogP contribution in [-0.4, -0.2) is 10.4 Å². The molecule has 0 N–H and O–H groups in total. The lowest BCUT2D eigenvalue weighted by Crippen LogP contribution is -2.26. The zero-order valence-corrected chi connectivity index (χ0v) is 10.7. The molecule has 0 amide bonds. The second-order valence-electron chi connectivity index (χ2n) is 4.61. The summed E-state index contributed by atoms with van der Waals surface area (Å²) in [6.45, 7) is 4.04. The highest BCUT2D eigenvalue weighted by molar-refractivity contribution is 5.83. The zero-order valence-electron chi connectivity index (χ0n) is 10.7. The van der Waals surface area contributed by atoms with E-state index in [4.69, 9.17) is 0 Å². The fourth-order valence-corrected chi connectivity index (χ4v) is 1.91. The Labute approximate surface area is 106 Å². The van der Waals surface area contributed by atoms with Crippen LogP contribution in [0, 0.1) is 5.92 Å². The van der Waals surface area contributed by atoms with E-state index in [0.29, 0.717) is 5.39 Å². The number of hydrogen-bond donors (Lipinski definition) is 0. The third-order valence-electron chi connectivity index (χ3n) is 3.37. The van der Waals surface area contributed by atoms with Gasteiger partial charge in [0.15, 0.2) is 5.78 Å². The lowest BCUT2D eigenvalue weighted by atomic mass is 10.0. The topological polar surface area (TPSA) is 39.1 Å². The largest absolute Gasteiger partial charge is 0.308 e. The van der Waals surface area contributed by atoms with Gasteiger partial charge >= 0.3 is 0 Å². The van der Waals surface area contributed by atoms with Crippen LogP contribution < -0.4 is 5.56 Å². The van der Waals surface area contributed by atoms with Gasteiger partial charge in [0.2, 0.25) is 0 Å². The van der Waals surface area contributed by atoms with Crippen LogP contribution in [0.3, 0.4) is 0 Å². The van der Waals surface area contributed by atoms with Gasteiger partial charge in [-0.05, 0) is 23.9 Å². The van der Waals surface area contributed by atoms with E-state index in [1.54, 1.807) is 12.3 Å². The summed E-state index contributed by atoms with van der Waals surface area (Å²) in [5, 5.41) is 1.58. The second-order valence-corrected chi connectivity index (χ2v) is 4.61. The Kier molecular flexibility index (Phi) is 3.60. The van der Waals surface area contributed by atoms with Crippen molar-refractivity contribution in [3.63, 3.8) is 0 Å². The number of hydrogen-bond acceptors (Lipinski definition) is 2. The summed E-state index contributed by atoms with van der Waals surface area (Å²) in [5.74, 6) is 0.109. The first-order valence-electron chi connectivity index (χ1n) is 6.24. The number of benzene rings is 1. The van der Waals surface area contributed by atoms with Gasteiger partial charge in [-0.2, -0.15) is 0 Å². The molecule has 18 heavy (non-hydrogen) atoms. The quantitative estimate of drug-likeness (QED) is 0.828. The van der Waals surface area contributed by atoms with Gasteiger partial charge < -0.3 is 4.57 Å². The molecule has 1 heterocycles. The predicted molar refractivity (Wildman–Crippen MR) is 72.7 cm³/mol. The molecule has 1 aromatic carbocycles. The predicted octanol–water partition coefficient (Wildman–Crippen LogP) is 2.62. The first-order chi connectivity index (χ1) is 8.63. The van der Waals surface area contributed by atoms with Crippen molar-refractivity contribution in [3.05, 3.63) is 46.9 Å². The van der Waals surface area contributed by atoms with Crippen LogP contribution in [0.4, 0.5) is 0 Å². The molecule has 1 aromatic heterocycles. The van der Waals surface area contributed by atoms with Crippen LogP contribution in [0.25, 0.3) is 10.8 Å². The molecule has 0 radical (unpaired) electrons. The summed E-state index contributed by atoms with van der Waals surface area (Å²) in [5.41, 5.74) is -0.0928. The molecule has 0 fully saturated rings. The van der Waals surface area contributed by atoms with E-state index in [1.807, 2.05) is 38.1 Å². The minimum absolute atomic E-state index is 0.00312. The standard InChI is InChI=1S/C15H17NO2/c1-3-11(2)14(17)10-16-9-8-12-6-4-5-7-13(12)15(16)18/h4-9,11H,3,10H2,1-2H3. The van der Waals surface area contributed by atoms with Crippen LogP contribution in [0.5, 0.6) is 0 Å². The molecule has 3 heteroatoms. The number of pyridine rings is 1. The summed E-state index contributed by atoms with van der Waals surface area (Å²) in [6, 6.07) is 9.31. The van der Waals surface area contributed by atoms with Crippen molar-refractivity contribution in [1.82, 2.24) is 4.57 Å². The summed E-state index contributed by atoms with van der Waals surface area (Å²) in [7, 11) is 0. The van der Waals surface area contributed by atoms with Gasteiger partial charge in [-0.25, -0.2) is 0 Å². The Morgan fingerprint density at radius 3 is 2.72 bits per heavy atom. The monoisotopic (exact) mass is 243 g/mol. The smallest absolute Gasteiger partial charge is 0.258 e. The Morgan fingerprint density at radius 2 is 2.00 bits per heavy atom. The summed E-state index contributed by atoms with van der Waals surface area (Å²) in [4.78, 5) is 24.1. The molecular formula is C15H17NO2. The summed E-state index contributed by atoms with van der Waals surface area (Å²) >= 11 is 0. The van der Waals surface area contributed by atoms with Gasteiger partial charge in [-0.3, -0.25) is 9.59 Å². The highest BCUT2D eigenvalue weighted by atomic mass is 16.1. The molecule has 0 spiro atoms. The third-order valence-corrected chi connectivity index (χ3v) is 3.37. The van der Waals surface area contributed by atoms with Gasteiger partial charge in [0, 0.05) is 17.5 Å². The fraction of sp³-hybridized carbons (Fsp3) is 0.333. The minimum Gasteiger partial charge on any atom is -0.308 e. The first kappa shape index (κ1) is 12.6. The Hall–Kier alpha value is -1.90. The molecule has 94 valence electrons. The number of fused-ring (bicyclic) bond motifs is 1. The highest BCUT2D eigenvalue weighted by Crippen LogP contribution is 2.09. The molecule has 0 saturated heterocycles. The third kappa shape index (κ3) is 2.35. The lowest BCUT2D eigenvalue weighted by Gasteiger charge is -2.10. The average molecular weight is 243 g/mol. The van der Waals surface area contributed by atoms with Crippen molar-refractivity contribution in [2.24, 2.45) is 5.92 Å². The Bertz CT molecular complexity index is 628. The maximum absolute atomic E-state index is 12.2. The molecule has 1 atom stereocenters. The van der Waals surface area contributed by atoms with Gasteiger partial charge in [0.1, 0.15) is 0 Å². The fourth-order valence-electron chi connectivity index (χ4n) is 1.91. The Balaban J connectivity index is 2.38. The van der Waals surface area contributed by atoms with Crippen LogP contribution in [0.15, 0.2) is 41.3 Å². The van der Waals surface area contributed by atoms with E-state index < -0.39 is 0 Å². The van der Waals surface area contributed by atoms with E-state index in [9.17, 15) is 9.59 Å². The van der Waals surface area contributed by atoms with Crippen LogP contribution >= 0.6 is 0 Å². The number of aromatic nitrogens is 1. The van der Waals surface area contributed by atoms with Crippen LogP contribution in [-0.2, 0) is 11.3 Å². The molecule has 2 aromatic rings. The molecular weight excluding hydrogens is 226 g/mol. The number of carbonyl (C=O) groups excluding carboxylic acids is 1. The van der Waals surface area contributed by atoms with Gasteiger partial charge in [0.25, 0.3) is 5.56 Å². The maximum atomic E-state index is 12.2. The van der Waals surface area contributed by atoms with E-state index in [0.717, 1.165) is 11.8 Å². The van der Waals surface area contributed by atoms with Crippen molar-refractivity contribution in [2.75, 3.05) is 0 Å². The second kappa shape index (κ2) is 5.17. The van der Waals surface area contributed by atoms with E-state index >= 15 is 0 Å². The molecule has 3 nitrogen and oxygen atoms in total. The van der Waals surface area contributed by atoms with Crippen LogP contribution in [0.2, 0.25) is 0 Å². The summed E-state index contributed by atoms with van der Waals surface area (Å²) in [6.07, 6.45) is 2.51. The number of Topliss-reactive ketones (excluding diaryl/α,β-unsaturated/α-hetero) is 1. The number of carbonyl (C=O) groups is 1. The van der Waals surface area contributed by atoms with Crippen molar-refractivity contribution in [3.8, 4) is 0 Å². The van der Waals surface area contributed by atoms with E-state index in [1.165, 1.54) is 4.57 Å². The molecule has 0 bridgehead atoms. The van der Waals surface area contributed by atoms with Gasteiger partial charge in [-0.15, -0.1) is 0 Å². The molecule has 0 aliphatic carbocycles. The molecule has 0 saturated carbocycles. The molecule has 0 aliphatic heterocycles. The van der Waals surface area contributed by atoms with Crippen molar-refractivity contribution in [2.45, 2.75) is 26.8 Å². The van der Waals surface area contributed by atoms with Gasteiger partial charge in [0.05, 0.1) is 6.54 Å². The van der Waals surface area contributed by atoms with E-state index in [-0.39, 0.29) is 23.8 Å². The first-order valence-corrected chi connectivity index (χ1v) is 6.24. The zero-order chi connectivity index (χ0) is 13.1. The van der Waals surface area contributed by atoms with Crippen molar-refractivity contribution >= 4 is 16.6 Å². The molecule has 2 rings (SSSR count). The molecule has 1 unspecified atom stereocenters. The summed E-state index contributed by atoms with van der Waals surface area (Å²) < 4.78 is 1.50. The van der Waals surface area contributed by atoms with Crippen LogP contribution in [0.1, 0.15) is 20.3 Å². The van der Waals surface area contributed by atoms with Crippen molar-refractivity contribution in [1.29, 1.82) is 0 Å². The maximum Gasteiger partial charge on any atom is 0.258 e. The molecule has 0 aliphatic rings. The minimum atomic E-state index is -0.0928. The average Bonchev–Trinajstić information content (AvgIpc) is 2.41. The number of rotatable bonds is 4. The lowest BCUT2D eigenvalue weighted by molar-refractivity contribution is -0.123. The SMILES string of the molecule is CCC(C)C(=O)Cn1ccc2ccccc2c1=O. The Morgan fingerprint density at radius 1 is 1.28 bits per heavy atom. The normalized spacial score (nSPS) is 12.6. The van der Waals surface area contributed by atoms with Gasteiger partial charge in [-0.1, -0.05) is 32.0 Å². The highest BCUT2D eigenvalue weighted by Gasteiger charge is 2.12. The number of nitrogens with zero attached hydrogens (tertiary/aromatic N) is 1. The van der Waals surface area contributed by atoms with E-state index in [2.05, 4.69) is 0 Å². The van der Waals surface area contributed by atoms with Crippen molar-refractivity contribution < 1.29 is 4.79 Å².